The Morgan fingerprint density at radius 3 is 2.09 bits per heavy atom. The number of carbonyl (C=O) groups is 1. The van der Waals surface area contributed by atoms with Crippen LogP contribution in [0.15, 0.2) is 48.5 Å². The van der Waals surface area contributed by atoms with Gasteiger partial charge in [0.05, 0.1) is 5.57 Å². The minimum absolute atomic E-state index is 0.0200. The van der Waals surface area contributed by atoms with Crippen LogP contribution in [0.25, 0.3) is 11.6 Å². The third-order valence-corrected chi connectivity index (χ3v) is 3.16. The van der Waals surface area contributed by atoms with Crippen LogP contribution in [0.5, 0.6) is 0 Å². The maximum atomic E-state index is 11.5. The standard InChI is InChI=1S/C15H14N2O6/c18-15(19)13(10-5-7-12(8-6-10)16(20)21)9-11-3-1-2-4-14(11)17(22)23/h1-9,16-17,20,22H,(H,18,19). The summed E-state index contributed by atoms with van der Waals surface area (Å²) in [6, 6.07) is 11.3. The van der Waals surface area contributed by atoms with Crippen molar-refractivity contribution in [3.05, 3.63) is 70.1 Å². The van der Waals surface area contributed by atoms with Crippen LogP contribution in [0, 0.1) is 10.4 Å². The van der Waals surface area contributed by atoms with E-state index in [0.29, 0.717) is 0 Å². The van der Waals surface area contributed by atoms with E-state index in [4.69, 9.17) is 10.4 Å². The Kier molecular flexibility index (Phi) is 5.19. The van der Waals surface area contributed by atoms with E-state index in [0.717, 1.165) is 0 Å². The maximum absolute atomic E-state index is 11.5. The van der Waals surface area contributed by atoms with Crippen molar-refractivity contribution in [3.63, 3.8) is 0 Å². The van der Waals surface area contributed by atoms with Crippen LogP contribution in [0.1, 0.15) is 11.1 Å². The van der Waals surface area contributed by atoms with Gasteiger partial charge in [-0.3, -0.25) is 0 Å². The minimum atomic E-state index is -1.24. The molecular weight excluding hydrogens is 304 g/mol. The monoisotopic (exact) mass is 318 g/mol. The summed E-state index contributed by atoms with van der Waals surface area (Å²) in [7, 11) is 0. The Morgan fingerprint density at radius 1 is 0.957 bits per heavy atom. The highest BCUT2D eigenvalue weighted by Gasteiger charge is 2.14. The summed E-state index contributed by atoms with van der Waals surface area (Å²) in [6.07, 6.45) is 1.25. The van der Waals surface area contributed by atoms with Gasteiger partial charge in [-0.1, -0.05) is 12.1 Å². The van der Waals surface area contributed by atoms with Crippen molar-refractivity contribution >= 4 is 29.0 Å². The van der Waals surface area contributed by atoms with Crippen LogP contribution in [-0.4, -0.2) is 21.5 Å². The van der Waals surface area contributed by atoms with Gasteiger partial charge in [0.1, 0.15) is 0 Å². The zero-order valence-electron chi connectivity index (χ0n) is 11.8. The molecule has 0 amide bonds. The Balaban J connectivity index is 2.49. The van der Waals surface area contributed by atoms with Crippen LogP contribution in [0.2, 0.25) is 0 Å². The molecule has 0 aliphatic carbocycles. The predicted molar refractivity (Wildman–Crippen MR) is 79.9 cm³/mol. The lowest BCUT2D eigenvalue weighted by molar-refractivity contribution is -0.991. The molecule has 0 saturated carbocycles. The summed E-state index contributed by atoms with van der Waals surface area (Å²) >= 11 is 0. The summed E-state index contributed by atoms with van der Waals surface area (Å²) in [5, 5.41) is 47.1. The molecule has 0 saturated heterocycles. The molecule has 0 heterocycles. The Hall–Kier alpha value is -2.59. The van der Waals surface area contributed by atoms with Gasteiger partial charge in [-0.2, -0.15) is 10.5 Å². The fraction of sp³-hybridized carbons (Fsp3) is 0. The fourth-order valence-corrected chi connectivity index (χ4v) is 2.03. The van der Waals surface area contributed by atoms with Gasteiger partial charge in [-0.25, -0.2) is 15.2 Å². The quantitative estimate of drug-likeness (QED) is 0.302. The lowest BCUT2D eigenvalue weighted by atomic mass is 10.0. The van der Waals surface area contributed by atoms with E-state index in [1.165, 1.54) is 42.5 Å². The molecule has 120 valence electrons. The predicted octanol–water partition coefficient (Wildman–Crippen LogP) is 0.119. The second-order valence-electron chi connectivity index (χ2n) is 4.64. The first-order chi connectivity index (χ1) is 10.9. The SMILES string of the molecule is O=C(O)C(=Cc1ccccc1[NH+]([O-])O)c1ccc([NH+]([O-])O)cc1. The van der Waals surface area contributed by atoms with Gasteiger partial charge in [0.2, 0.25) is 0 Å². The van der Waals surface area contributed by atoms with Gasteiger partial charge in [0.15, 0.2) is 11.4 Å². The van der Waals surface area contributed by atoms with Gasteiger partial charge in [-0.15, -0.1) is 0 Å². The molecule has 0 aliphatic rings. The van der Waals surface area contributed by atoms with Gasteiger partial charge < -0.3 is 15.5 Å². The van der Waals surface area contributed by atoms with Crippen molar-refractivity contribution in [3.8, 4) is 0 Å². The number of rotatable bonds is 5. The van der Waals surface area contributed by atoms with E-state index in [9.17, 15) is 20.3 Å². The molecule has 8 nitrogen and oxygen atoms in total. The molecule has 0 fully saturated rings. The van der Waals surface area contributed by atoms with Crippen LogP contribution < -0.4 is 10.5 Å². The molecule has 2 rings (SSSR count). The van der Waals surface area contributed by atoms with Gasteiger partial charge in [-0.05, 0) is 29.8 Å². The van der Waals surface area contributed by atoms with E-state index in [1.54, 1.807) is 12.1 Å². The Morgan fingerprint density at radius 2 is 1.57 bits per heavy atom. The second kappa shape index (κ2) is 7.11. The molecule has 0 bridgehead atoms. The zero-order chi connectivity index (χ0) is 17.0. The molecule has 2 unspecified atom stereocenters. The van der Waals surface area contributed by atoms with Crippen LogP contribution in [0.4, 0.5) is 11.4 Å². The third-order valence-electron chi connectivity index (χ3n) is 3.16. The summed E-state index contributed by atoms with van der Waals surface area (Å²) in [5.74, 6) is -1.24. The third kappa shape index (κ3) is 3.99. The number of hydrogen-bond donors (Lipinski definition) is 5. The van der Waals surface area contributed by atoms with E-state index < -0.39 is 16.4 Å². The molecule has 23 heavy (non-hydrogen) atoms. The topological polar surface area (TPSA) is 133 Å². The molecule has 0 spiro atoms. The lowest BCUT2D eigenvalue weighted by Crippen LogP contribution is -2.99. The number of nitrogens with one attached hydrogen (secondary N) is 2. The van der Waals surface area contributed by atoms with E-state index in [-0.39, 0.29) is 28.1 Å². The molecule has 0 aliphatic heterocycles. The van der Waals surface area contributed by atoms with Crippen molar-refractivity contribution in [2.45, 2.75) is 0 Å². The van der Waals surface area contributed by atoms with Gasteiger partial charge in [0.25, 0.3) is 0 Å². The number of quaternary nitrogens is 2. The second-order valence-corrected chi connectivity index (χ2v) is 4.64. The zero-order valence-corrected chi connectivity index (χ0v) is 11.8. The minimum Gasteiger partial charge on any atom is -0.595 e. The normalized spacial score (nSPS) is 14.3. The first-order valence-electron chi connectivity index (χ1n) is 6.51. The van der Waals surface area contributed by atoms with Gasteiger partial charge in [0, 0.05) is 23.8 Å². The average molecular weight is 318 g/mol. The van der Waals surface area contributed by atoms with Crippen molar-refractivity contribution in [1.29, 1.82) is 0 Å². The van der Waals surface area contributed by atoms with E-state index in [2.05, 4.69) is 0 Å². The van der Waals surface area contributed by atoms with Gasteiger partial charge >= 0.3 is 5.97 Å². The van der Waals surface area contributed by atoms with E-state index >= 15 is 0 Å². The molecular formula is C15H14N2O6. The summed E-state index contributed by atoms with van der Waals surface area (Å²) in [4.78, 5) is 11.5. The summed E-state index contributed by atoms with van der Waals surface area (Å²) in [6.45, 7) is 0. The summed E-state index contributed by atoms with van der Waals surface area (Å²) in [5.41, 5.74) is 0.413. The van der Waals surface area contributed by atoms with Crippen molar-refractivity contribution in [1.82, 2.24) is 0 Å². The first-order valence-corrected chi connectivity index (χ1v) is 6.51. The molecule has 0 radical (unpaired) electrons. The van der Waals surface area contributed by atoms with Crippen molar-refractivity contribution < 1.29 is 30.8 Å². The van der Waals surface area contributed by atoms with Crippen molar-refractivity contribution in [2.24, 2.45) is 0 Å². The number of benzene rings is 2. The molecule has 2 atom stereocenters. The number of para-hydroxylation sites is 1. The number of carboxylic acid groups (broad SMARTS) is 1. The highest BCUT2D eigenvalue weighted by Crippen LogP contribution is 2.22. The van der Waals surface area contributed by atoms with Crippen LogP contribution in [-0.2, 0) is 4.79 Å². The fourth-order valence-electron chi connectivity index (χ4n) is 2.03. The Labute approximate surface area is 130 Å². The summed E-state index contributed by atoms with van der Waals surface area (Å²) < 4.78 is 0. The highest BCUT2D eigenvalue weighted by molar-refractivity contribution is 6.20. The van der Waals surface area contributed by atoms with Crippen molar-refractivity contribution in [2.75, 3.05) is 0 Å². The van der Waals surface area contributed by atoms with Crippen LogP contribution in [0.3, 0.4) is 0 Å². The number of aliphatic carboxylic acids is 1. The number of hydrogen-bond acceptors (Lipinski definition) is 5. The van der Waals surface area contributed by atoms with E-state index in [1.807, 2.05) is 0 Å². The Bertz CT molecular complexity index is 725. The highest BCUT2D eigenvalue weighted by atomic mass is 16.8. The maximum Gasteiger partial charge on any atom is 0.336 e. The number of carboxylic acids is 1. The first kappa shape index (κ1) is 16.8. The lowest BCUT2D eigenvalue weighted by Gasteiger charge is -2.14. The molecule has 8 heteroatoms. The molecule has 5 N–H and O–H groups in total. The van der Waals surface area contributed by atoms with Crippen LogP contribution >= 0.6 is 0 Å². The molecule has 0 aromatic heterocycles. The molecule has 2 aromatic carbocycles. The molecule has 2 aromatic rings. The largest absolute Gasteiger partial charge is 0.595 e. The smallest absolute Gasteiger partial charge is 0.336 e. The average Bonchev–Trinajstić information content (AvgIpc) is 2.52.